The van der Waals surface area contributed by atoms with Gasteiger partial charge in [0.25, 0.3) is 0 Å². The highest BCUT2D eigenvalue weighted by Crippen LogP contribution is 2.22. The van der Waals surface area contributed by atoms with Crippen LogP contribution in [-0.4, -0.2) is 47.8 Å². The van der Waals surface area contributed by atoms with Crippen molar-refractivity contribution >= 4 is 16.6 Å². The van der Waals surface area contributed by atoms with E-state index in [0.29, 0.717) is 0 Å². The Bertz CT molecular complexity index is 763. The minimum Gasteiger partial charge on any atom is -0.377 e. The first kappa shape index (κ1) is 16.3. The lowest BCUT2D eigenvalue weighted by Gasteiger charge is -2.36. The van der Waals surface area contributed by atoms with Crippen LogP contribution < -0.4 is 0 Å². The summed E-state index contributed by atoms with van der Waals surface area (Å²) in [7, 11) is 0. The minimum absolute atomic E-state index is 0.0958. The van der Waals surface area contributed by atoms with Gasteiger partial charge in [0.2, 0.25) is 0 Å². The van der Waals surface area contributed by atoms with Gasteiger partial charge in [0.1, 0.15) is 0 Å². The molecule has 0 radical (unpaired) electrons. The quantitative estimate of drug-likeness (QED) is 0.621. The maximum atomic E-state index is 12.7. The molecule has 0 amide bonds. The summed E-state index contributed by atoms with van der Waals surface area (Å²) >= 11 is 0. The van der Waals surface area contributed by atoms with Crippen molar-refractivity contribution in [3.8, 4) is 0 Å². The van der Waals surface area contributed by atoms with Crippen LogP contribution in [0.4, 0.5) is 0 Å². The molecule has 25 heavy (non-hydrogen) atoms. The van der Waals surface area contributed by atoms with Crippen LogP contribution in [0.2, 0.25) is 0 Å². The summed E-state index contributed by atoms with van der Waals surface area (Å²) in [5.74, 6) is 0.0958. The Labute approximate surface area is 149 Å². The topological polar surface area (TPSA) is 23.6 Å². The van der Waals surface area contributed by atoms with Gasteiger partial charge in [-0.2, -0.15) is 0 Å². The van der Waals surface area contributed by atoms with Crippen molar-refractivity contribution in [1.29, 1.82) is 0 Å². The van der Waals surface area contributed by atoms with E-state index in [1.165, 1.54) is 38.8 Å². The SMILES string of the molecule is O=C(C=CN1CCC(N2CCCC2)CC1)c1cccc2ccccc12. The molecule has 0 spiro atoms. The molecule has 2 saturated heterocycles. The van der Waals surface area contributed by atoms with Crippen LogP contribution in [0.25, 0.3) is 10.8 Å². The summed E-state index contributed by atoms with van der Waals surface area (Å²) in [6.07, 6.45) is 8.90. The van der Waals surface area contributed by atoms with Gasteiger partial charge in [0.05, 0.1) is 0 Å². The fourth-order valence-electron chi connectivity index (χ4n) is 4.21. The largest absolute Gasteiger partial charge is 0.377 e. The fourth-order valence-corrected chi connectivity index (χ4v) is 4.21. The van der Waals surface area contributed by atoms with E-state index in [1.807, 2.05) is 36.5 Å². The molecular formula is C22H26N2O. The van der Waals surface area contributed by atoms with Crippen molar-refractivity contribution in [2.24, 2.45) is 0 Å². The first-order valence-corrected chi connectivity index (χ1v) is 9.50. The third-order valence-corrected chi connectivity index (χ3v) is 5.65. The van der Waals surface area contributed by atoms with E-state index in [2.05, 4.69) is 21.9 Å². The van der Waals surface area contributed by atoms with Crippen LogP contribution in [0.5, 0.6) is 0 Å². The number of allylic oxidation sites excluding steroid dienone is 1. The summed E-state index contributed by atoms with van der Waals surface area (Å²) in [6.45, 7) is 4.67. The standard InChI is InChI=1S/C22H26N2O/c25-22(21-9-5-7-18-6-1-2-8-20(18)21)12-17-23-15-10-19(11-16-23)24-13-3-4-14-24/h1-2,5-9,12,17,19H,3-4,10-11,13-16H2. The molecule has 2 aliphatic rings. The molecule has 4 rings (SSSR count). The van der Waals surface area contributed by atoms with Gasteiger partial charge < -0.3 is 9.80 Å². The second kappa shape index (κ2) is 7.40. The molecule has 0 aliphatic carbocycles. The lowest BCUT2D eigenvalue weighted by atomic mass is 10.0. The lowest BCUT2D eigenvalue weighted by Crippen LogP contribution is -2.42. The highest BCUT2D eigenvalue weighted by atomic mass is 16.1. The Morgan fingerprint density at radius 1 is 0.920 bits per heavy atom. The Kier molecular flexibility index (Phi) is 4.84. The number of hydrogen-bond donors (Lipinski definition) is 0. The monoisotopic (exact) mass is 334 g/mol. The molecule has 0 unspecified atom stereocenters. The summed E-state index contributed by atoms with van der Waals surface area (Å²) in [4.78, 5) is 17.6. The number of carbonyl (C=O) groups excluding carboxylic acids is 1. The summed E-state index contributed by atoms with van der Waals surface area (Å²) in [6, 6.07) is 14.8. The molecule has 0 bridgehead atoms. The molecule has 0 N–H and O–H groups in total. The molecular weight excluding hydrogens is 308 g/mol. The van der Waals surface area contributed by atoms with Gasteiger partial charge in [0.15, 0.2) is 5.78 Å². The first-order valence-electron chi connectivity index (χ1n) is 9.50. The van der Waals surface area contributed by atoms with E-state index in [-0.39, 0.29) is 5.78 Å². The molecule has 2 fully saturated rings. The van der Waals surface area contributed by atoms with E-state index >= 15 is 0 Å². The summed E-state index contributed by atoms with van der Waals surface area (Å²) in [5, 5.41) is 2.15. The minimum atomic E-state index is 0.0958. The second-order valence-electron chi connectivity index (χ2n) is 7.22. The number of benzene rings is 2. The van der Waals surface area contributed by atoms with Gasteiger partial charge in [-0.1, -0.05) is 42.5 Å². The van der Waals surface area contributed by atoms with E-state index in [4.69, 9.17) is 0 Å². The maximum absolute atomic E-state index is 12.7. The molecule has 0 saturated carbocycles. The van der Waals surface area contributed by atoms with Crippen molar-refractivity contribution < 1.29 is 4.79 Å². The molecule has 2 aromatic carbocycles. The average molecular weight is 334 g/mol. The van der Waals surface area contributed by atoms with Crippen molar-refractivity contribution in [2.75, 3.05) is 26.2 Å². The Balaban J connectivity index is 1.39. The lowest BCUT2D eigenvalue weighted by molar-refractivity contribution is 0.104. The number of rotatable bonds is 4. The van der Waals surface area contributed by atoms with Gasteiger partial charge in [-0.25, -0.2) is 0 Å². The zero-order chi connectivity index (χ0) is 17.1. The predicted octanol–water partition coefficient (Wildman–Crippen LogP) is 4.10. The zero-order valence-electron chi connectivity index (χ0n) is 14.7. The Hall–Kier alpha value is -2.13. The van der Waals surface area contributed by atoms with Crippen LogP contribution >= 0.6 is 0 Å². The highest BCUT2D eigenvalue weighted by Gasteiger charge is 2.25. The van der Waals surface area contributed by atoms with E-state index in [0.717, 1.165) is 35.5 Å². The van der Waals surface area contributed by atoms with Crippen LogP contribution in [0.3, 0.4) is 0 Å². The number of hydrogen-bond acceptors (Lipinski definition) is 3. The van der Waals surface area contributed by atoms with Gasteiger partial charge in [-0.3, -0.25) is 4.79 Å². The average Bonchev–Trinajstić information content (AvgIpc) is 3.21. The van der Waals surface area contributed by atoms with Gasteiger partial charge in [-0.15, -0.1) is 0 Å². The van der Waals surface area contributed by atoms with E-state index in [9.17, 15) is 4.79 Å². The predicted molar refractivity (Wildman–Crippen MR) is 103 cm³/mol. The normalized spacial score (nSPS) is 19.9. The van der Waals surface area contributed by atoms with Crippen molar-refractivity contribution in [3.63, 3.8) is 0 Å². The van der Waals surface area contributed by atoms with E-state index in [1.54, 1.807) is 6.08 Å². The molecule has 130 valence electrons. The Morgan fingerprint density at radius 2 is 1.64 bits per heavy atom. The summed E-state index contributed by atoms with van der Waals surface area (Å²) in [5.41, 5.74) is 0.793. The number of likely N-dealkylation sites (tertiary alicyclic amines) is 2. The molecule has 3 heteroatoms. The van der Waals surface area contributed by atoms with E-state index < -0.39 is 0 Å². The van der Waals surface area contributed by atoms with Gasteiger partial charge in [-0.05, 0) is 49.5 Å². The molecule has 2 aliphatic heterocycles. The van der Waals surface area contributed by atoms with Crippen LogP contribution in [-0.2, 0) is 0 Å². The third-order valence-electron chi connectivity index (χ3n) is 5.65. The Morgan fingerprint density at radius 3 is 2.44 bits per heavy atom. The highest BCUT2D eigenvalue weighted by molar-refractivity contribution is 6.13. The van der Waals surface area contributed by atoms with Gasteiger partial charge >= 0.3 is 0 Å². The second-order valence-corrected chi connectivity index (χ2v) is 7.22. The molecule has 2 aromatic rings. The van der Waals surface area contributed by atoms with Crippen molar-refractivity contribution in [3.05, 3.63) is 60.3 Å². The number of carbonyl (C=O) groups is 1. The van der Waals surface area contributed by atoms with Crippen molar-refractivity contribution in [1.82, 2.24) is 9.80 Å². The first-order chi connectivity index (χ1) is 12.3. The zero-order valence-corrected chi connectivity index (χ0v) is 14.7. The molecule has 0 atom stereocenters. The number of fused-ring (bicyclic) bond motifs is 1. The molecule has 0 aromatic heterocycles. The molecule has 2 heterocycles. The number of ketones is 1. The smallest absolute Gasteiger partial charge is 0.187 e. The van der Waals surface area contributed by atoms with Crippen molar-refractivity contribution in [2.45, 2.75) is 31.7 Å². The fraction of sp³-hybridized carbons (Fsp3) is 0.409. The van der Waals surface area contributed by atoms with Crippen LogP contribution in [0.1, 0.15) is 36.0 Å². The third kappa shape index (κ3) is 3.62. The number of piperidine rings is 1. The van der Waals surface area contributed by atoms with Crippen LogP contribution in [0, 0.1) is 0 Å². The van der Waals surface area contributed by atoms with Crippen LogP contribution in [0.15, 0.2) is 54.7 Å². The van der Waals surface area contributed by atoms with Gasteiger partial charge in [0, 0.05) is 37.0 Å². The maximum Gasteiger partial charge on any atom is 0.187 e. The molecule has 3 nitrogen and oxygen atoms in total. The summed E-state index contributed by atoms with van der Waals surface area (Å²) < 4.78 is 0. The number of nitrogens with zero attached hydrogens (tertiary/aromatic N) is 2.